The number of nitrogens with two attached hydrogens (primary N) is 1. The summed E-state index contributed by atoms with van der Waals surface area (Å²) in [5.41, 5.74) is 7.90. The summed E-state index contributed by atoms with van der Waals surface area (Å²) in [5.74, 6) is 0.846. The number of benzene rings is 1. The lowest BCUT2D eigenvalue weighted by atomic mass is 10.1. The zero-order valence-corrected chi connectivity index (χ0v) is 10.1. The van der Waals surface area contributed by atoms with Gasteiger partial charge in [0.05, 0.1) is 0 Å². The van der Waals surface area contributed by atoms with Crippen LogP contribution in [0, 0.1) is 11.7 Å². The summed E-state index contributed by atoms with van der Waals surface area (Å²) in [4.78, 5) is 0. The van der Waals surface area contributed by atoms with Gasteiger partial charge in [-0.2, -0.15) is 5.10 Å². The number of nitrogens with one attached hydrogen (secondary N) is 1. The number of H-pyrrole nitrogens is 1. The van der Waals surface area contributed by atoms with Crippen LogP contribution in [0.15, 0.2) is 24.3 Å². The van der Waals surface area contributed by atoms with Gasteiger partial charge in [0.15, 0.2) is 4.77 Å². The molecule has 0 bridgehead atoms. The Kier molecular flexibility index (Phi) is 2.89. The van der Waals surface area contributed by atoms with E-state index in [2.05, 4.69) is 10.2 Å². The Labute approximate surface area is 99.1 Å². The largest absolute Gasteiger partial charge is 0.324 e. The van der Waals surface area contributed by atoms with Crippen LogP contribution >= 0.6 is 12.2 Å². The molecule has 1 aromatic carbocycles. The lowest BCUT2D eigenvalue weighted by Gasteiger charge is -2.08. The molecule has 3 N–H and O–H groups in total. The van der Waals surface area contributed by atoms with E-state index < -0.39 is 0 Å². The van der Waals surface area contributed by atoms with E-state index in [4.69, 9.17) is 18.0 Å². The van der Waals surface area contributed by atoms with Gasteiger partial charge in [-0.3, -0.25) is 9.67 Å². The van der Waals surface area contributed by atoms with Crippen molar-refractivity contribution in [2.75, 3.05) is 0 Å². The van der Waals surface area contributed by atoms with Gasteiger partial charge in [0.2, 0.25) is 0 Å². The Bertz CT molecular complexity index is 536. The molecule has 84 valence electrons. The number of aryl methyl sites for hydroxylation is 1. The number of hydrogen-bond acceptors (Lipinski definition) is 3. The summed E-state index contributed by atoms with van der Waals surface area (Å²) in [6.07, 6.45) is 0. The summed E-state index contributed by atoms with van der Waals surface area (Å²) < 4.78 is 2.49. The molecule has 1 aromatic heterocycles. The first kappa shape index (κ1) is 11.0. The molecule has 1 atom stereocenters. The monoisotopic (exact) mass is 234 g/mol. The van der Waals surface area contributed by atoms with Crippen molar-refractivity contribution in [3.63, 3.8) is 0 Å². The topological polar surface area (TPSA) is 59.6 Å². The van der Waals surface area contributed by atoms with E-state index in [1.165, 1.54) is 0 Å². The first-order valence-corrected chi connectivity index (χ1v) is 5.50. The highest BCUT2D eigenvalue weighted by molar-refractivity contribution is 7.71. The summed E-state index contributed by atoms with van der Waals surface area (Å²) in [6, 6.07) is 8.06. The zero-order valence-electron chi connectivity index (χ0n) is 9.27. The highest BCUT2D eigenvalue weighted by Crippen LogP contribution is 2.15. The van der Waals surface area contributed by atoms with Gasteiger partial charge in [0, 0.05) is 11.7 Å². The summed E-state index contributed by atoms with van der Waals surface area (Å²) >= 11 is 5.16. The average molecular weight is 234 g/mol. The SMILES string of the molecule is Cc1n[nH]c(=S)n1-c1ccc([C@H](C)N)cc1. The number of hydrogen-bond donors (Lipinski definition) is 2. The Morgan fingerprint density at radius 2 is 2.00 bits per heavy atom. The number of nitrogens with zero attached hydrogens (tertiary/aromatic N) is 2. The van der Waals surface area contributed by atoms with Crippen molar-refractivity contribution in [3.8, 4) is 5.69 Å². The second-order valence-electron chi connectivity index (χ2n) is 3.79. The van der Waals surface area contributed by atoms with E-state index in [1.54, 1.807) is 0 Å². The minimum atomic E-state index is 0.0486. The van der Waals surface area contributed by atoms with Crippen molar-refractivity contribution in [1.82, 2.24) is 14.8 Å². The Morgan fingerprint density at radius 3 is 2.44 bits per heavy atom. The maximum absolute atomic E-state index is 5.80. The number of rotatable bonds is 2. The molecule has 4 nitrogen and oxygen atoms in total. The fourth-order valence-electron chi connectivity index (χ4n) is 1.61. The quantitative estimate of drug-likeness (QED) is 0.784. The van der Waals surface area contributed by atoms with Crippen molar-refractivity contribution in [2.24, 2.45) is 5.73 Å². The van der Waals surface area contributed by atoms with Crippen LogP contribution in [0.4, 0.5) is 0 Å². The first-order chi connectivity index (χ1) is 7.59. The predicted octanol–water partition coefficient (Wildman–Crippen LogP) is 2.26. The lowest BCUT2D eigenvalue weighted by Crippen LogP contribution is -2.05. The highest BCUT2D eigenvalue weighted by Gasteiger charge is 2.04. The van der Waals surface area contributed by atoms with E-state index in [9.17, 15) is 0 Å². The van der Waals surface area contributed by atoms with Crippen LogP contribution in [0.2, 0.25) is 0 Å². The van der Waals surface area contributed by atoms with Crippen molar-refractivity contribution in [1.29, 1.82) is 0 Å². The molecule has 0 aliphatic rings. The smallest absolute Gasteiger partial charge is 0.199 e. The van der Waals surface area contributed by atoms with E-state index in [0.717, 1.165) is 17.1 Å². The fraction of sp³-hybridized carbons (Fsp3) is 0.273. The van der Waals surface area contributed by atoms with Crippen molar-refractivity contribution in [2.45, 2.75) is 19.9 Å². The first-order valence-electron chi connectivity index (χ1n) is 5.09. The van der Waals surface area contributed by atoms with Gasteiger partial charge in [-0.25, -0.2) is 0 Å². The maximum atomic E-state index is 5.80. The van der Waals surface area contributed by atoms with Crippen LogP contribution in [0.1, 0.15) is 24.4 Å². The molecule has 0 saturated heterocycles. The molecular formula is C11H14N4S. The minimum absolute atomic E-state index is 0.0486. The van der Waals surface area contributed by atoms with Gasteiger partial charge in [0.25, 0.3) is 0 Å². The van der Waals surface area contributed by atoms with Crippen LogP contribution in [-0.2, 0) is 0 Å². The molecule has 16 heavy (non-hydrogen) atoms. The molecule has 0 aliphatic heterocycles. The normalized spacial score (nSPS) is 12.7. The molecule has 0 aliphatic carbocycles. The predicted molar refractivity (Wildman–Crippen MR) is 66.1 cm³/mol. The average Bonchev–Trinajstić information content (AvgIpc) is 2.59. The molecule has 2 aromatic rings. The van der Waals surface area contributed by atoms with Gasteiger partial charge in [-0.15, -0.1) is 0 Å². The van der Waals surface area contributed by atoms with Crippen LogP contribution in [0.3, 0.4) is 0 Å². The summed E-state index contributed by atoms with van der Waals surface area (Å²) in [7, 11) is 0. The molecule has 5 heteroatoms. The molecule has 0 spiro atoms. The molecule has 0 fully saturated rings. The standard InChI is InChI=1S/C11H14N4S/c1-7(12)9-3-5-10(6-4-9)15-8(2)13-14-11(15)16/h3-7H,12H2,1-2H3,(H,14,16)/t7-/m0/s1. The van der Waals surface area contributed by atoms with Crippen LogP contribution in [0.25, 0.3) is 5.69 Å². The van der Waals surface area contributed by atoms with Crippen molar-refractivity contribution < 1.29 is 0 Å². The van der Waals surface area contributed by atoms with E-state index >= 15 is 0 Å². The lowest BCUT2D eigenvalue weighted by molar-refractivity contribution is 0.817. The van der Waals surface area contributed by atoms with E-state index in [-0.39, 0.29) is 6.04 Å². The van der Waals surface area contributed by atoms with Crippen molar-refractivity contribution >= 4 is 12.2 Å². The Balaban J connectivity index is 2.46. The highest BCUT2D eigenvalue weighted by atomic mass is 32.1. The van der Waals surface area contributed by atoms with Crippen LogP contribution in [-0.4, -0.2) is 14.8 Å². The van der Waals surface area contributed by atoms with Gasteiger partial charge in [-0.1, -0.05) is 12.1 Å². The van der Waals surface area contributed by atoms with Crippen molar-refractivity contribution in [3.05, 3.63) is 40.4 Å². The fourth-order valence-corrected chi connectivity index (χ4v) is 1.89. The number of aromatic nitrogens is 3. The second kappa shape index (κ2) is 4.19. The second-order valence-corrected chi connectivity index (χ2v) is 4.18. The zero-order chi connectivity index (χ0) is 11.7. The molecule has 0 radical (unpaired) electrons. The maximum Gasteiger partial charge on any atom is 0.199 e. The van der Waals surface area contributed by atoms with Gasteiger partial charge in [0.1, 0.15) is 5.82 Å². The third-order valence-corrected chi connectivity index (χ3v) is 2.79. The molecular weight excluding hydrogens is 220 g/mol. The molecule has 1 heterocycles. The third kappa shape index (κ3) is 1.91. The Morgan fingerprint density at radius 1 is 1.38 bits per heavy atom. The molecule has 0 unspecified atom stereocenters. The minimum Gasteiger partial charge on any atom is -0.324 e. The van der Waals surface area contributed by atoms with Gasteiger partial charge >= 0.3 is 0 Å². The molecule has 0 saturated carbocycles. The van der Waals surface area contributed by atoms with Gasteiger partial charge < -0.3 is 5.73 Å². The van der Waals surface area contributed by atoms with E-state index in [0.29, 0.717) is 4.77 Å². The third-order valence-electron chi connectivity index (χ3n) is 2.52. The van der Waals surface area contributed by atoms with Crippen LogP contribution < -0.4 is 5.73 Å². The molecule has 0 amide bonds. The summed E-state index contributed by atoms with van der Waals surface area (Å²) in [6.45, 7) is 3.87. The summed E-state index contributed by atoms with van der Waals surface area (Å²) in [5, 5.41) is 6.84. The Hall–Kier alpha value is -1.46. The van der Waals surface area contributed by atoms with E-state index in [1.807, 2.05) is 42.7 Å². The van der Waals surface area contributed by atoms with Crippen LogP contribution in [0.5, 0.6) is 0 Å². The molecule has 2 rings (SSSR count). The van der Waals surface area contributed by atoms with Gasteiger partial charge in [-0.05, 0) is 43.8 Å². The number of aromatic amines is 1.